The normalized spacial score (nSPS) is 7.30. The Morgan fingerprint density at radius 2 is 1.70 bits per heavy atom. The zero-order valence-electron chi connectivity index (χ0n) is 5.14. The van der Waals surface area contributed by atoms with Crippen LogP contribution in [-0.4, -0.2) is 15.4 Å². The Morgan fingerprint density at radius 3 is 1.80 bits per heavy atom. The number of hydrogen-bond acceptors (Lipinski definition) is 2. The van der Waals surface area contributed by atoms with E-state index in [1.165, 1.54) is 0 Å². The highest BCUT2D eigenvalue weighted by molar-refractivity contribution is 7.96. The molecule has 1 aromatic heterocycles. The van der Waals surface area contributed by atoms with Gasteiger partial charge in [-0.3, -0.25) is 4.98 Å². The highest BCUT2D eigenvalue weighted by Crippen LogP contribution is 1.73. The van der Waals surface area contributed by atoms with Crippen LogP contribution in [0.4, 0.5) is 4.79 Å². The van der Waals surface area contributed by atoms with Gasteiger partial charge in [-0.05, 0) is 12.1 Å². The van der Waals surface area contributed by atoms with Crippen molar-refractivity contribution in [2.24, 2.45) is 0 Å². The average molecular weight is 157 g/mol. The van der Waals surface area contributed by atoms with Crippen LogP contribution in [0.25, 0.3) is 0 Å². The highest BCUT2D eigenvalue weighted by atomic mass is 32.1. The molecule has 3 nitrogen and oxygen atoms in total. The van der Waals surface area contributed by atoms with Crippen LogP contribution in [0, 0.1) is 0 Å². The molecule has 0 atom stereocenters. The van der Waals surface area contributed by atoms with Crippen molar-refractivity contribution in [2.75, 3.05) is 0 Å². The van der Waals surface area contributed by atoms with Crippen LogP contribution in [-0.2, 0) is 0 Å². The zero-order chi connectivity index (χ0) is 7.82. The van der Waals surface area contributed by atoms with E-state index in [0.29, 0.717) is 0 Å². The lowest BCUT2D eigenvalue weighted by molar-refractivity contribution is 0.222. The van der Waals surface area contributed by atoms with E-state index in [1.54, 1.807) is 12.4 Å². The number of rotatable bonds is 0. The van der Waals surface area contributed by atoms with Crippen molar-refractivity contribution in [1.29, 1.82) is 0 Å². The monoisotopic (exact) mass is 157 g/mol. The van der Waals surface area contributed by atoms with Crippen LogP contribution in [0.3, 0.4) is 0 Å². The summed E-state index contributed by atoms with van der Waals surface area (Å²) in [5.41, 5.74) is 0. The molecule has 0 unspecified atom stereocenters. The van der Waals surface area contributed by atoms with Crippen molar-refractivity contribution < 1.29 is 9.90 Å². The number of carbonyl (C=O) groups is 1. The van der Waals surface area contributed by atoms with Gasteiger partial charge in [0.05, 0.1) is 0 Å². The first-order chi connectivity index (χ1) is 4.73. The molecule has 1 aromatic rings. The lowest BCUT2D eigenvalue weighted by Gasteiger charge is -1.70. The van der Waals surface area contributed by atoms with Crippen LogP contribution in [0.5, 0.6) is 0 Å². The second kappa shape index (κ2) is 6.10. The Bertz CT molecular complexity index is 148. The molecule has 0 aliphatic carbocycles. The van der Waals surface area contributed by atoms with E-state index in [0.717, 1.165) is 0 Å². The maximum absolute atomic E-state index is 8.86. The highest BCUT2D eigenvalue weighted by Gasteiger charge is 1.67. The molecule has 0 aromatic carbocycles. The molecule has 1 heterocycles. The fourth-order valence-corrected chi connectivity index (χ4v) is 0.313. The third kappa shape index (κ3) is 10.1. The first kappa shape index (κ1) is 8.97. The standard InChI is InChI=1S/C5H5N.CH2O2S/c1-2-4-6-5-3-1;2-1(3)4/h1-5H;4H,(H,2,3). The Morgan fingerprint density at radius 1 is 1.30 bits per heavy atom. The minimum atomic E-state index is -1.14. The Kier molecular flexibility index (Phi) is 5.47. The summed E-state index contributed by atoms with van der Waals surface area (Å²) in [6, 6.07) is 5.72. The second-order valence-electron chi connectivity index (χ2n) is 1.31. The van der Waals surface area contributed by atoms with E-state index in [4.69, 9.17) is 9.90 Å². The lowest BCUT2D eigenvalue weighted by Crippen LogP contribution is -1.67. The third-order valence-corrected chi connectivity index (χ3v) is 0.566. The van der Waals surface area contributed by atoms with Gasteiger partial charge in [0, 0.05) is 12.4 Å². The smallest absolute Gasteiger partial charge is 0.361 e. The minimum absolute atomic E-state index is 1.14. The molecule has 1 rings (SSSR count). The molecule has 1 N–H and O–H groups in total. The van der Waals surface area contributed by atoms with Crippen molar-refractivity contribution in [3.63, 3.8) is 0 Å². The van der Waals surface area contributed by atoms with Gasteiger partial charge in [0.2, 0.25) is 0 Å². The van der Waals surface area contributed by atoms with Gasteiger partial charge < -0.3 is 5.11 Å². The number of carboxylic acid groups (broad SMARTS) is 1. The van der Waals surface area contributed by atoms with Crippen molar-refractivity contribution in [3.8, 4) is 0 Å². The van der Waals surface area contributed by atoms with E-state index < -0.39 is 5.30 Å². The summed E-state index contributed by atoms with van der Waals surface area (Å²) in [5.74, 6) is 0. The molecule has 0 fully saturated rings. The molecule has 0 saturated carbocycles. The number of thiol groups is 1. The Hall–Kier alpha value is -1.03. The fraction of sp³-hybridized carbons (Fsp3) is 0. The first-order valence-corrected chi connectivity index (χ1v) is 2.95. The Labute approximate surface area is 64.1 Å². The van der Waals surface area contributed by atoms with Crippen LogP contribution in [0.1, 0.15) is 0 Å². The van der Waals surface area contributed by atoms with Gasteiger partial charge in [-0.1, -0.05) is 18.7 Å². The fourth-order valence-electron chi connectivity index (χ4n) is 0.313. The van der Waals surface area contributed by atoms with Crippen LogP contribution in [0.2, 0.25) is 0 Å². The molecule has 0 spiro atoms. The van der Waals surface area contributed by atoms with Crippen molar-refractivity contribution in [2.45, 2.75) is 0 Å². The van der Waals surface area contributed by atoms with Crippen LogP contribution < -0.4 is 0 Å². The van der Waals surface area contributed by atoms with Gasteiger partial charge in [0.25, 0.3) is 0 Å². The van der Waals surface area contributed by atoms with Crippen LogP contribution in [0.15, 0.2) is 30.6 Å². The molecule has 0 bridgehead atoms. The van der Waals surface area contributed by atoms with E-state index in [9.17, 15) is 0 Å². The minimum Gasteiger partial charge on any atom is -0.473 e. The molecule has 4 heteroatoms. The first-order valence-electron chi connectivity index (χ1n) is 2.50. The SMILES string of the molecule is O=C(O)S.c1ccncc1. The van der Waals surface area contributed by atoms with Crippen molar-refractivity contribution >= 4 is 17.9 Å². The van der Waals surface area contributed by atoms with Gasteiger partial charge >= 0.3 is 5.30 Å². The molecule has 0 aliphatic rings. The topological polar surface area (TPSA) is 50.2 Å². The van der Waals surface area contributed by atoms with Crippen molar-refractivity contribution in [3.05, 3.63) is 30.6 Å². The number of hydrogen-bond donors (Lipinski definition) is 2. The van der Waals surface area contributed by atoms with E-state index in [-0.39, 0.29) is 0 Å². The largest absolute Gasteiger partial charge is 0.473 e. The molecular formula is C6H7NO2S. The molecule has 0 radical (unpaired) electrons. The molecule has 0 aliphatic heterocycles. The maximum Gasteiger partial charge on any atom is 0.361 e. The zero-order valence-corrected chi connectivity index (χ0v) is 6.03. The second-order valence-corrected chi connectivity index (χ2v) is 1.69. The quantitative estimate of drug-likeness (QED) is 0.563. The van der Waals surface area contributed by atoms with E-state index in [1.807, 2.05) is 18.2 Å². The lowest BCUT2D eigenvalue weighted by atomic mass is 10.5. The summed E-state index contributed by atoms with van der Waals surface area (Å²) in [4.78, 5) is 12.6. The summed E-state index contributed by atoms with van der Waals surface area (Å²) in [6.45, 7) is 0. The summed E-state index contributed by atoms with van der Waals surface area (Å²) in [6.07, 6.45) is 3.50. The predicted molar refractivity (Wildman–Crippen MR) is 41.2 cm³/mol. The predicted octanol–water partition coefficient (Wildman–Crippen LogP) is 1.68. The summed E-state index contributed by atoms with van der Waals surface area (Å²) in [5, 5.41) is 6.14. The molecule has 54 valence electrons. The van der Waals surface area contributed by atoms with Gasteiger partial charge in [-0.25, -0.2) is 4.79 Å². The van der Waals surface area contributed by atoms with Gasteiger partial charge in [-0.15, -0.1) is 0 Å². The Balaban J connectivity index is 0.000000180. The summed E-state index contributed by atoms with van der Waals surface area (Å²) in [7, 11) is 0. The van der Waals surface area contributed by atoms with E-state index >= 15 is 0 Å². The van der Waals surface area contributed by atoms with Gasteiger partial charge in [-0.2, -0.15) is 0 Å². The van der Waals surface area contributed by atoms with Gasteiger partial charge in [0.15, 0.2) is 0 Å². The maximum atomic E-state index is 8.86. The molecular weight excluding hydrogens is 150 g/mol. The number of nitrogens with zero attached hydrogens (tertiary/aromatic N) is 1. The van der Waals surface area contributed by atoms with Crippen molar-refractivity contribution in [1.82, 2.24) is 4.98 Å². The molecule has 0 amide bonds. The third-order valence-electron chi connectivity index (χ3n) is 0.566. The molecule has 10 heavy (non-hydrogen) atoms. The summed E-state index contributed by atoms with van der Waals surface area (Å²) >= 11 is 2.88. The van der Waals surface area contributed by atoms with Gasteiger partial charge in [0.1, 0.15) is 0 Å². The molecule has 0 saturated heterocycles. The number of aromatic nitrogens is 1. The number of pyridine rings is 1. The average Bonchev–Trinajstić information content (AvgIpc) is 1.90. The van der Waals surface area contributed by atoms with Crippen LogP contribution >= 0.6 is 12.6 Å². The summed E-state index contributed by atoms with van der Waals surface area (Å²) < 4.78 is 0. The van der Waals surface area contributed by atoms with E-state index in [2.05, 4.69) is 17.6 Å².